The van der Waals surface area contributed by atoms with E-state index in [4.69, 9.17) is 0 Å². The summed E-state index contributed by atoms with van der Waals surface area (Å²) in [6.07, 6.45) is 0.167. The Bertz CT molecular complexity index is 930. The van der Waals surface area contributed by atoms with Crippen LogP contribution in [0, 0.1) is 6.92 Å². The van der Waals surface area contributed by atoms with Gasteiger partial charge in [0.05, 0.1) is 11.1 Å². The first-order valence-electron chi connectivity index (χ1n) is 9.14. The predicted octanol–water partition coefficient (Wildman–Crippen LogP) is 5.04. The molecular weight excluding hydrogens is 352 g/mol. The summed E-state index contributed by atoms with van der Waals surface area (Å²) in [6.45, 7) is 1.97. The van der Waals surface area contributed by atoms with Crippen LogP contribution in [0.3, 0.4) is 0 Å². The Hall–Kier alpha value is -3.40. The first-order valence-corrected chi connectivity index (χ1v) is 9.14. The normalized spacial score (nSPS) is 10.8. The standard InChI is InChI=1S/C24H22O4/c1-16-10-12-17(13-11-16)18(14-23(27)19-6-2-4-8-21(19)25)15-24(28)20-7-3-5-9-22(20)26/h2-13,18,25-26H,14-15H2,1H3. The molecule has 4 nitrogen and oxygen atoms in total. The third-order valence-electron chi connectivity index (χ3n) is 4.82. The molecule has 0 atom stereocenters. The molecule has 0 unspecified atom stereocenters. The lowest BCUT2D eigenvalue weighted by atomic mass is 9.85. The first kappa shape index (κ1) is 19.4. The minimum absolute atomic E-state index is 0.0674. The van der Waals surface area contributed by atoms with Crippen LogP contribution in [0.15, 0.2) is 72.8 Å². The average Bonchev–Trinajstić information content (AvgIpc) is 2.68. The second-order valence-electron chi connectivity index (χ2n) is 6.90. The molecule has 142 valence electrons. The van der Waals surface area contributed by atoms with E-state index < -0.39 is 0 Å². The number of benzene rings is 3. The van der Waals surface area contributed by atoms with Gasteiger partial charge in [-0.25, -0.2) is 0 Å². The number of hydrogen-bond donors (Lipinski definition) is 2. The van der Waals surface area contributed by atoms with Gasteiger partial charge in [-0.2, -0.15) is 0 Å². The summed E-state index contributed by atoms with van der Waals surface area (Å²) < 4.78 is 0. The summed E-state index contributed by atoms with van der Waals surface area (Å²) in [5, 5.41) is 20.0. The molecule has 0 aliphatic rings. The van der Waals surface area contributed by atoms with Crippen molar-refractivity contribution in [1.82, 2.24) is 0 Å². The average molecular weight is 374 g/mol. The van der Waals surface area contributed by atoms with Crippen LogP contribution in [0.25, 0.3) is 0 Å². The van der Waals surface area contributed by atoms with Crippen LogP contribution in [-0.2, 0) is 0 Å². The monoisotopic (exact) mass is 374 g/mol. The van der Waals surface area contributed by atoms with E-state index in [2.05, 4.69) is 0 Å². The van der Waals surface area contributed by atoms with E-state index in [1.54, 1.807) is 36.4 Å². The molecular formula is C24H22O4. The fraction of sp³-hybridized carbons (Fsp3) is 0.167. The summed E-state index contributed by atoms with van der Waals surface area (Å²) in [6, 6.07) is 20.5. The highest BCUT2D eigenvalue weighted by molar-refractivity contribution is 6.01. The number of carbonyl (C=O) groups excluding carboxylic acids is 2. The van der Waals surface area contributed by atoms with Crippen molar-refractivity contribution in [3.05, 3.63) is 95.1 Å². The van der Waals surface area contributed by atoms with E-state index >= 15 is 0 Å². The van der Waals surface area contributed by atoms with Gasteiger partial charge < -0.3 is 10.2 Å². The SMILES string of the molecule is Cc1ccc(C(CC(=O)c2ccccc2O)CC(=O)c2ccccc2O)cc1. The van der Waals surface area contributed by atoms with Crippen molar-refractivity contribution >= 4 is 11.6 Å². The van der Waals surface area contributed by atoms with Gasteiger partial charge in [0.2, 0.25) is 0 Å². The highest BCUT2D eigenvalue weighted by Gasteiger charge is 2.23. The molecule has 0 saturated heterocycles. The van der Waals surface area contributed by atoms with Crippen LogP contribution < -0.4 is 0 Å². The smallest absolute Gasteiger partial charge is 0.167 e. The van der Waals surface area contributed by atoms with Gasteiger partial charge in [0.15, 0.2) is 11.6 Å². The second-order valence-corrected chi connectivity index (χ2v) is 6.90. The van der Waals surface area contributed by atoms with Crippen molar-refractivity contribution < 1.29 is 19.8 Å². The number of phenols is 2. The summed E-state index contributed by atoms with van der Waals surface area (Å²) in [7, 11) is 0. The Morgan fingerprint density at radius 1 is 0.714 bits per heavy atom. The van der Waals surface area contributed by atoms with Gasteiger partial charge in [-0.05, 0) is 42.7 Å². The van der Waals surface area contributed by atoms with Gasteiger partial charge in [0, 0.05) is 12.8 Å². The molecule has 0 fully saturated rings. The quantitative estimate of drug-likeness (QED) is 0.569. The van der Waals surface area contributed by atoms with E-state index in [-0.39, 0.29) is 53.0 Å². The second kappa shape index (κ2) is 8.53. The number of Topliss-reactive ketones (excluding diaryl/α,β-unsaturated/α-hetero) is 2. The van der Waals surface area contributed by atoms with Crippen LogP contribution in [0.5, 0.6) is 11.5 Å². The fourth-order valence-corrected chi connectivity index (χ4v) is 3.23. The maximum Gasteiger partial charge on any atom is 0.167 e. The molecule has 3 rings (SSSR count). The number of para-hydroxylation sites is 2. The molecule has 0 radical (unpaired) electrons. The van der Waals surface area contributed by atoms with Crippen molar-refractivity contribution in [1.29, 1.82) is 0 Å². The van der Waals surface area contributed by atoms with Gasteiger partial charge in [-0.1, -0.05) is 54.1 Å². The largest absolute Gasteiger partial charge is 0.507 e. The predicted molar refractivity (Wildman–Crippen MR) is 108 cm³/mol. The number of phenolic OH excluding ortho intramolecular Hbond substituents is 2. The summed E-state index contributed by atoms with van der Waals surface area (Å²) >= 11 is 0. The topological polar surface area (TPSA) is 74.6 Å². The number of carbonyl (C=O) groups is 2. The summed E-state index contributed by atoms with van der Waals surface area (Å²) in [5.74, 6) is -0.952. The number of rotatable bonds is 7. The number of aryl methyl sites for hydroxylation is 1. The molecule has 0 bridgehead atoms. The zero-order valence-corrected chi connectivity index (χ0v) is 15.6. The van der Waals surface area contributed by atoms with Crippen LogP contribution in [0.4, 0.5) is 0 Å². The van der Waals surface area contributed by atoms with Gasteiger partial charge >= 0.3 is 0 Å². The zero-order chi connectivity index (χ0) is 20.1. The number of ketones is 2. The third-order valence-corrected chi connectivity index (χ3v) is 4.82. The van der Waals surface area contributed by atoms with E-state index in [0.717, 1.165) is 11.1 Å². The van der Waals surface area contributed by atoms with E-state index in [9.17, 15) is 19.8 Å². The molecule has 0 aliphatic heterocycles. The van der Waals surface area contributed by atoms with Crippen molar-refractivity contribution in [3.63, 3.8) is 0 Å². The van der Waals surface area contributed by atoms with E-state index in [0.29, 0.717) is 0 Å². The first-order chi connectivity index (χ1) is 13.5. The van der Waals surface area contributed by atoms with Gasteiger partial charge in [-0.3, -0.25) is 9.59 Å². The van der Waals surface area contributed by atoms with Crippen molar-refractivity contribution in [3.8, 4) is 11.5 Å². The molecule has 4 heteroatoms. The lowest BCUT2D eigenvalue weighted by molar-refractivity contribution is 0.0942. The lowest BCUT2D eigenvalue weighted by Gasteiger charge is -2.17. The number of hydrogen-bond acceptors (Lipinski definition) is 4. The van der Waals surface area contributed by atoms with Crippen LogP contribution in [-0.4, -0.2) is 21.8 Å². The Kier molecular flexibility index (Phi) is 5.90. The van der Waals surface area contributed by atoms with Crippen molar-refractivity contribution in [2.45, 2.75) is 25.7 Å². The maximum atomic E-state index is 12.8. The van der Waals surface area contributed by atoms with Gasteiger partial charge in [-0.15, -0.1) is 0 Å². The van der Waals surface area contributed by atoms with Gasteiger partial charge in [0.1, 0.15) is 11.5 Å². The fourth-order valence-electron chi connectivity index (χ4n) is 3.23. The van der Waals surface area contributed by atoms with E-state index in [1.807, 2.05) is 31.2 Å². The van der Waals surface area contributed by atoms with Crippen molar-refractivity contribution in [2.24, 2.45) is 0 Å². The molecule has 0 spiro atoms. The molecule has 3 aromatic carbocycles. The zero-order valence-electron chi connectivity index (χ0n) is 15.6. The van der Waals surface area contributed by atoms with E-state index in [1.165, 1.54) is 12.1 Å². The van der Waals surface area contributed by atoms with Crippen LogP contribution in [0.2, 0.25) is 0 Å². The Balaban J connectivity index is 1.88. The lowest BCUT2D eigenvalue weighted by Crippen LogP contribution is -2.13. The number of aromatic hydroxyl groups is 2. The molecule has 0 aromatic heterocycles. The highest BCUT2D eigenvalue weighted by Crippen LogP contribution is 2.30. The molecule has 0 aliphatic carbocycles. The molecule has 28 heavy (non-hydrogen) atoms. The molecule has 0 saturated carbocycles. The molecule has 0 amide bonds. The Morgan fingerprint density at radius 2 is 1.14 bits per heavy atom. The highest BCUT2D eigenvalue weighted by atomic mass is 16.3. The van der Waals surface area contributed by atoms with Crippen molar-refractivity contribution in [2.75, 3.05) is 0 Å². The summed E-state index contributed by atoms with van der Waals surface area (Å²) in [4.78, 5) is 25.6. The van der Waals surface area contributed by atoms with Gasteiger partial charge in [0.25, 0.3) is 0 Å². The molecule has 3 aromatic rings. The minimum atomic E-state index is -0.361. The Labute approximate surface area is 164 Å². The van der Waals surface area contributed by atoms with Crippen LogP contribution in [0.1, 0.15) is 50.6 Å². The Morgan fingerprint density at radius 3 is 1.57 bits per heavy atom. The molecule has 0 heterocycles. The molecule has 2 N–H and O–H groups in total. The van der Waals surface area contributed by atoms with Crippen LogP contribution >= 0.6 is 0 Å². The third kappa shape index (κ3) is 4.46. The maximum absolute atomic E-state index is 12.8. The summed E-state index contributed by atoms with van der Waals surface area (Å²) in [5.41, 5.74) is 2.45. The minimum Gasteiger partial charge on any atom is -0.507 e.